The molecule has 2 amide bonds. The van der Waals surface area contributed by atoms with E-state index in [0.717, 1.165) is 18.7 Å². The number of nitrogens with zero attached hydrogens (tertiary/aromatic N) is 2. The SMILES string of the molecule is CN1CCN(Cc2ccc(Cl)c(N)c2)C1=O. The van der Waals surface area contributed by atoms with E-state index in [9.17, 15) is 4.79 Å². The van der Waals surface area contributed by atoms with Crippen LogP contribution in [0, 0.1) is 0 Å². The molecule has 1 aromatic rings. The van der Waals surface area contributed by atoms with Crippen LogP contribution in [0.25, 0.3) is 0 Å². The van der Waals surface area contributed by atoms with Gasteiger partial charge in [-0.05, 0) is 17.7 Å². The van der Waals surface area contributed by atoms with Crippen LogP contribution >= 0.6 is 11.6 Å². The first-order chi connectivity index (χ1) is 7.58. The minimum Gasteiger partial charge on any atom is -0.398 e. The van der Waals surface area contributed by atoms with Gasteiger partial charge in [0.1, 0.15) is 0 Å². The van der Waals surface area contributed by atoms with Gasteiger partial charge in [-0.3, -0.25) is 0 Å². The van der Waals surface area contributed by atoms with Crippen molar-refractivity contribution in [3.05, 3.63) is 28.8 Å². The Morgan fingerprint density at radius 2 is 2.19 bits per heavy atom. The van der Waals surface area contributed by atoms with Gasteiger partial charge >= 0.3 is 6.03 Å². The lowest BCUT2D eigenvalue weighted by molar-refractivity contribution is 0.197. The highest BCUT2D eigenvalue weighted by Gasteiger charge is 2.24. The van der Waals surface area contributed by atoms with E-state index in [-0.39, 0.29) is 6.03 Å². The number of nitrogen functional groups attached to an aromatic ring is 1. The number of hydrogen-bond acceptors (Lipinski definition) is 2. The lowest BCUT2D eigenvalue weighted by Crippen LogP contribution is -2.28. The predicted molar refractivity (Wildman–Crippen MR) is 64.3 cm³/mol. The second-order valence-corrected chi connectivity index (χ2v) is 4.39. The van der Waals surface area contributed by atoms with Gasteiger partial charge in [-0.15, -0.1) is 0 Å². The third-order valence-electron chi connectivity index (χ3n) is 2.74. The second kappa shape index (κ2) is 4.22. The van der Waals surface area contributed by atoms with Crippen molar-refractivity contribution >= 4 is 23.3 Å². The van der Waals surface area contributed by atoms with Crippen LogP contribution in [-0.2, 0) is 6.54 Å². The summed E-state index contributed by atoms with van der Waals surface area (Å²) in [5.41, 5.74) is 7.27. The smallest absolute Gasteiger partial charge is 0.320 e. The molecule has 0 bridgehead atoms. The van der Waals surface area contributed by atoms with Crippen LogP contribution < -0.4 is 5.73 Å². The quantitative estimate of drug-likeness (QED) is 0.800. The van der Waals surface area contributed by atoms with E-state index in [4.69, 9.17) is 17.3 Å². The predicted octanol–water partition coefficient (Wildman–Crippen LogP) is 1.79. The first-order valence-corrected chi connectivity index (χ1v) is 5.49. The summed E-state index contributed by atoms with van der Waals surface area (Å²) >= 11 is 5.84. The van der Waals surface area contributed by atoms with Crippen molar-refractivity contribution in [2.45, 2.75) is 6.54 Å². The Hall–Kier alpha value is -1.42. The number of hydrogen-bond donors (Lipinski definition) is 1. The van der Waals surface area contributed by atoms with Crippen LogP contribution in [0.15, 0.2) is 18.2 Å². The van der Waals surface area contributed by atoms with Crippen molar-refractivity contribution in [2.24, 2.45) is 0 Å². The van der Waals surface area contributed by atoms with Gasteiger partial charge in [0.05, 0.1) is 10.7 Å². The highest BCUT2D eigenvalue weighted by Crippen LogP contribution is 2.21. The maximum Gasteiger partial charge on any atom is 0.320 e. The summed E-state index contributed by atoms with van der Waals surface area (Å²) in [5.74, 6) is 0. The molecule has 1 heterocycles. The Balaban J connectivity index is 2.10. The number of benzene rings is 1. The Morgan fingerprint density at radius 3 is 2.75 bits per heavy atom. The Kier molecular flexibility index (Phi) is 2.92. The zero-order valence-corrected chi connectivity index (χ0v) is 9.87. The van der Waals surface area contributed by atoms with Gasteiger partial charge in [0.2, 0.25) is 0 Å². The van der Waals surface area contributed by atoms with Crippen LogP contribution in [-0.4, -0.2) is 36.0 Å². The van der Waals surface area contributed by atoms with Crippen molar-refractivity contribution < 1.29 is 4.79 Å². The standard InChI is InChI=1S/C11H14ClN3O/c1-14-4-5-15(11(14)16)7-8-2-3-9(12)10(13)6-8/h2-3,6H,4-5,7,13H2,1H3. The summed E-state index contributed by atoms with van der Waals surface area (Å²) in [4.78, 5) is 15.2. The molecule has 0 spiro atoms. The number of anilines is 1. The molecule has 2 N–H and O–H groups in total. The molecule has 1 saturated heterocycles. The maximum absolute atomic E-state index is 11.7. The fourth-order valence-corrected chi connectivity index (χ4v) is 1.88. The summed E-state index contributed by atoms with van der Waals surface area (Å²) in [6, 6.07) is 5.53. The molecule has 0 saturated carbocycles. The minimum absolute atomic E-state index is 0.0634. The first kappa shape index (κ1) is 11.1. The van der Waals surface area contributed by atoms with Gasteiger partial charge in [0.15, 0.2) is 0 Å². The molecule has 0 unspecified atom stereocenters. The molecule has 86 valence electrons. The molecule has 0 aliphatic carbocycles. The van der Waals surface area contributed by atoms with Crippen LogP contribution in [0.3, 0.4) is 0 Å². The van der Waals surface area contributed by atoms with E-state index in [1.54, 1.807) is 22.9 Å². The second-order valence-electron chi connectivity index (χ2n) is 3.98. The summed E-state index contributed by atoms with van der Waals surface area (Å²) < 4.78 is 0. The highest BCUT2D eigenvalue weighted by atomic mass is 35.5. The normalized spacial score (nSPS) is 16.0. The van der Waals surface area contributed by atoms with Crippen molar-refractivity contribution in [1.82, 2.24) is 9.80 Å². The molecule has 0 atom stereocenters. The number of nitrogens with two attached hydrogens (primary N) is 1. The summed E-state index contributed by atoms with van der Waals surface area (Å²) in [6.07, 6.45) is 0. The largest absolute Gasteiger partial charge is 0.398 e. The van der Waals surface area contributed by atoms with E-state index >= 15 is 0 Å². The molecular weight excluding hydrogens is 226 g/mol. The van der Waals surface area contributed by atoms with Crippen molar-refractivity contribution in [3.8, 4) is 0 Å². The summed E-state index contributed by atoms with van der Waals surface area (Å²) in [7, 11) is 1.80. The number of carbonyl (C=O) groups excluding carboxylic acids is 1. The van der Waals surface area contributed by atoms with Crippen molar-refractivity contribution in [2.75, 3.05) is 25.9 Å². The van der Waals surface area contributed by atoms with Gasteiger partial charge in [-0.25, -0.2) is 4.79 Å². The van der Waals surface area contributed by atoms with E-state index < -0.39 is 0 Å². The number of urea groups is 1. The molecule has 0 radical (unpaired) electrons. The summed E-state index contributed by atoms with van der Waals surface area (Å²) in [6.45, 7) is 2.13. The van der Waals surface area contributed by atoms with Gasteiger partial charge < -0.3 is 15.5 Å². The number of likely N-dealkylation sites (N-methyl/N-ethyl adjacent to an activating group) is 1. The first-order valence-electron chi connectivity index (χ1n) is 5.12. The minimum atomic E-state index is 0.0634. The fourth-order valence-electron chi connectivity index (χ4n) is 1.76. The van der Waals surface area contributed by atoms with Gasteiger partial charge in [0, 0.05) is 26.7 Å². The Bertz CT molecular complexity index is 422. The molecular formula is C11H14ClN3O. The zero-order chi connectivity index (χ0) is 11.7. The molecule has 16 heavy (non-hydrogen) atoms. The Labute approximate surface area is 99.6 Å². The van der Waals surface area contributed by atoms with Gasteiger partial charge in [-0.1, -0.05) is 17.7 Å². The monoisotopic (exact) mass is 239 g/mol. The topological polar surface area (TPSA) is 49.6 Å². The average Bonchev–Trinajstić information content (AvgIpc) is 2.55. The molecule has 1 fully saturated rings. The van der Waals surface area contributed by atoms with Gasteiger partial charge in [-0.2, -0.15) is 0 Å². The fraction of sp³-hybridized carbons (Fsp3) is 0.364. The molecule has 1 aliphatic rings. The van der Waals surface area contributed by atoms with Crippen LogP contribution in [0.5, 0.6) is 0 Å². The van der Waals surface area contributed by atoms with Crippen molar-refractivity contribution in [1.29, 1.82) is 0 Å². The molecule has 1 aromatic carbocycles. The lowest BCUT2D eigenvalue weighted by atomic mass is 10.2. The highest BCUT2D eigenvalue weighted by molar-refractivity contribution is 6.33. The summed E-state index contributed by atoms with van der Waals surface area (Å²) in [5, 5.41) is 0.550. The third kappa shape index (κ3) is 2.07. The molecule has 0 aromatic heterocycles. The van der Waals surface area contributed by atoms with E-state index in [1.165, 1.54) is 0 Å². The lowest BCUT2D eigenvalue weighted by Gasteiger charge is -2.16. The molecule has 2 rings (SSSR count). The number of rotatable bonds is 2. The third-order valence-corrected chi connectivity index (χ3v) is 3.08. The molecule has 4 nitrogen and oxygen atoms in total. The van der Waals surface area contributed by atoms with Crippen LogP contribution in [0.1, 0.15) is 5.56 Å². The molecule has 5 heteroatoms. The van der Waals surface area contributed by atoms with Crippen LogP contribution in [0.4, 0.5) is 10.5 Å². The van der Waals surface area contributed by atoms with E-state index in [2.05, 4.69) is 0 Å². The average molecular weight is 240 g/mol. The number of halogens is 1. The maximum atomic E-state index is 11.7. The Morgan fingerprint density at radius 1 is 1.44 bits per heavy atom. The van der Waals surface area contributed by atoms with E-state index in [0.29, 0.717) is 17.3 Å². The van der Waals surface area contributed by atoms with Crippen molar-refractivity contribution in [3.63, 3.8) is 0 Å². The van der Waals surface area contributed by atoms with E-state index in [1.807, 2.05) is 12.1 Å². The molecule has 1 aliphatic heterocycles. The van der Waals surface area contributed by atoms with Gasteiger partial charge in [0.25, 0.3) is 0 Å². The number of carbonyl (C=O) groups is 1. The zero-order valence-electron chi connectivity index (χ0n) is 9.11. The van der Waals surface area contributed by atoms with Crippen LogP contribution in [0.2, 0.25) is 5.02 Å². The number of amides is 2.